The number of allylic oxidation sites excluding steroid dienone is 2. The van der Waals surface area contributed by atoms with Crippen molar-refractivity contribution in [1.82, 2.24) is 9.80 Å². The Morgan fingerprint density at radius 1 is 1.03 bits per heavy atom. The second kappa shape index (κ2) is 9.99. The molecule has 1 atom stereocenters. The molecule has 0 spiro atoms. The monoisotopic (exact) mass is 416 g/mol. The van der Waals surface area contributed by atoms with Crippen LogP contribution in [-0.4, -0.2) is 54.5 Å². The first-order chi connectivity index (χ1) is 14.2. The van der Waals surface area contributed by atoms with Gasteiger partial charge >= 0.3 is 0 Å². The highest BCUT2D eigenvalue weighted by Gasteiger charge is 2.26. The molecule has 4 nitrogen and oxygen atoms in total. The van der Waals surface area contributed by atoms with Crippen LogP contribution in [0.3, 0.4) is 0 Å². The van der Waals surface area contributed by atoms with Gasteiger partial charge in [-0.15, -0.1) is 0 Å². The fourth-order valence-corrected chi connectivity index (χ4v) is 4.98. The molecule has 0 radical (unpaired) electrons. The van der Waals surface area contributed by atoms with E-state index in [-0.39, 0.29) is 12.0 Å². The number of likely N-dealkylation sites (tertiary alicyclic amines) is 2. The van der Waals surface area contributed by atoms with Crippen LogP contribution < -0.4 is 4.74 Å². The average Bonchev–Trinajstić information content (AvgIpc) is 2.76. The second-order valence-electron chi connectivity index (χ2n) is 8.76. The molecule has 0 aromatic heterocycles. The molecule has 0 N–H and O–H groups in total. The van der Waals surface area contributed by atoms with Gasteiger partial charge < -0.3 is 14.5 Å². The molecule has 4 rings (SSSR count). The number of piperidine rings is 2. The Bertz CT molecular complexity index is 722. The molecule has 1 amide bonds. The van der Waals surface area contributed by atoms with Crippen molar-refractivity contribution >= 4 is 17.5 Å². The summed E-state index contributed by atoms with van der Waals surface area (Å²) in [4.78, 5) is 17.6. The Morgan fingerprint density at radius 3 is 2.55 bits per heavy atom. The second-order valence-corrected chi connectivity index (χ2v) is 9.20. The van der Waals surface area contributed by atoms with Gasteiger partial charge in [0, 0.05) is 37.7 Å². The van der Waals surface area contributed by atoms with Crippen LogP contribution in [0.2, 0.25) is 5.02 Å². The van der Waals surface area contributed by atoms with E-state index in [1.165, 1.54) is 32.2 Å². The van der Waals surface area contributed by atoms with Crippen LogP contribution >= 0.6 is 11.6 Å². The maximum absolute atomic E-state index is 13.0. The lowest BCUT2D eigenvalue weighted by molar-refractivity contribution is 0.0698. The lowest BCUT2D eigenvalue weighted by atomic mass is 9.93. The topological polar surface area (TPSA) is 32.8 Å². The van der Waals surface area contributed by atoms with Gasteiger partial charge in [-0.05, 0) is 75.5 Å². The molecule has 1 aromatic carbocycles. The van der Waals surface area contributed by atoms with Gasteiger partial charge in [-0.3, -0.25) is 4.79 Å². The number of halogens is 1. The molecule has 2 heterocycles. The van der Waals surface area contributed by atoms with Crippen LogP contribution in [0.4, 0.5) is 0 Å². The predicted octanol–water partition coefficient (Wildman–Crippen LogP) is 5.17. The zero-order valence-corrected chi connectivity index (χ0v) is 18.1. The van der Waals surface area contributed by atoms with Gasteiger partial charge in [0.1, 0.15) is 11.9 Å². The van der Waals surface area contributed by atoms with Gasteiger partial charge in [0.05, 0.1) is 5.56 Å². The third-order valence-electron chi connectivity index (χ3n) is 6.54. The molecule has 158 valence electrons. The molecule has 0 bridgehead atoms. The third kappa shape index (κ3) is 5.55. The van der Waals surface area contributed by atoms with Crippen LogP contribution in [0, 0.1) is 5.92 Å². The van der Waals surface area contributed by atoms with Crippen LogP contribution in [-0.2, 0) is 0 Å². The first kappa shape index (κ1) is 20.7. The molecule has 5 heteroatoms. The zero-order chi connectivity index (χ0) is 20.1. The Balaban J connectivity index is 1.35. The lowest BCUT2D eigenvalue weighted by Crippen LogP contribution is -2.41. The van der Waals surface area contributed by atoms with E-state index in [4.69, 9.17) is 16.3 Å². The van der Waals surface area contributed by atoms with E-state index in [2.05, 4.69) is 17.1 Å². The number of rotatable bonds is 5. The molecule has 2 saturated heterocycles. The van der Waals surface area contributed by atoms with Crippen LogP contribution in [0.15, 0.2) is 30.4 Å². The Morgan fingerprint density at radius 2 is 1.83 bits per heavy atom. The van der Waals surface area contributed by atoms with Crippen LogP contribution in [0.25, 0.3) is 0 Å². The molecule has 1 aromatic rings. The van der Waals surface area contributed by atoms with E-state index in [0.717, 1.165) is 57.8 Å². The maximum Gasteiger partial charge on any atom is 0.257 e. The first-order valence-electron chi connectivity index (χ1n) is 11.3. The number of hydrogen-bond acceptors (Lipinski definition) is 3. The van der Waals surface area contributed by atoms with Crippen molar-refractivity contribution in [2.45, 2.75) is 57.5 Å². The number of ether oxygens (including phenoxy) is 1. The molecule has 29 heavy (non-hydrogen) atoms. The standard InChI is InChI=1S/C24H33ClN2O2/c25-20-9-10-22(24(28)27-13-5-2-6-14-27)23(17-20)29-21-11-15-26(16-12-21)18-19-7-3-1-4-8-19/h1,3,9-10,17,19,21H,2,4-8,11-16,18H2/t19-/m1/s1. The van der Waals surface area contributed by atoms with Crippen molar-refractivity contribution in [3.8, 4) is 5.75 Å². The highest BCUT2D eigenvalue weighted by molar-refractivity contribution is 6.30. The number of carbonyl (C=O) groups excluding carboxylic acids is 1. The predicted molar refractivity (Wildman–Crippen MR) is 118 cm³/mol. The highest BCUT2D eigenvalue weighted by Crippen LogP contribution is 2.29. The molecule has 0 unspecified atom stereocenters. The summed E-state index contributed by atoms with van der Waals surface area (Å²) < 4.78 is 6.35. The molecular weight excluding hydrogens is 384 g/mol. The van der Waals surface area contributed by atoms with Gasteiger partial charge in [-0.1, -0.05) is 23.8 Å². The summed E-state index contributed by atoms with van der Waals surface area (Å²) in [5.41, 5.74) is 0.660. The Kier molecular flexibility index (Phi) is 7.15. The first-order valence-corrected chi connectivity index (χ1v) is 11.7. The van der Waals surface area contributed by atoms with Gasteiger partial charge in [-0.25, -0.2) is 0 Å². The number of amides is 1. The minimum atomic E-state index is 0.0826. The van der Waals surface area contributed by atoms with Crippen molar-refractivity contribution in [2.75, 3.05) is 32.7 Å². The number of carbonyl (C=O) groups is 1. The fraction of sp³-hybridized carbons (Fsp3) is 0.625. The maximum atomic E-state index is 13.0. The van der Waals surface area contributed by atoms with Gasteiger partial charge in [0.25, 0.3) is 5.91 Å². The van der Waals surface area contributed by atoms with E-state index in [1.807, 2.05) is 17.0 Å². The average molecular weight is 417 g/mol. The number of nitrogens with zero attached hydrogens (tertiary/aromatic N) is 2. The molecule has 3 aliphatic rings. The normalized spacial score (nSPS) is 23.9. The van der Waals surface area contributed by atoms with E-state index < -0.39 is 0 Å². The van der Waals surface area contributed by atoms with Crippen LogP contribution in [0.1, 0.15) is 61.7 Å². The Labute approximate surface area is 179 Å². The minimum absolute atomic E-state index is 0.0826. The summed E-state index contributed by atoms with van der Waals surface area (Å²) in [5, 5.41) is 0.623. The third-order valence-corrected chi connectivity index (χ3v) is 6.77. The van der Waals surface area contributed by atoms with E-state index >= 15 is 0 Å². The van der Waals surface area contributed by atoms with Gasteiger partial charge in [-0.2, -0.15) is 0 Å². The molecule has 2 fully saturated rings. The number of hydrogen-bond donors (Lipinski definition) is 0. The summed E-state index contributed by atoms with van der Waals surface area (Å²) in [7, 11) is 0. The van der Waals surface area contributed by atoms with E-state index in [9.17, 15) is 4.79 Å². The smallest absolute Gasteiger partial charge is 0.257 e. The quantitative estimate of drug-likeness (QED) is 0.621. The molecule has 2 aliphatic heterocycles. The van der Waals surface area contributed by atoms with Crippen molar-refractivity contribution in [3.63, 3.8) is 0 Å². The van der Waals surface area contributed by atoms with E-state index in [1.54, 1.807) is 6.07 Å². The van der Waals surface area contributed by atoms with E-state index in [0.29, 0.717) is 16.3 Å². The summed E-state index contributed by atoms with van der Waals surface area (Å²) in [6.45, 7) is 5.03. The minimum Gasteiger partial charge on any atom is -0.489 e. The van der Waals surface area contributed by atoms with Crippen LogP contribution in [0.5, 0.6) is 5.75 Å². The van der Waals surface area contributed by atoms with Gasteiger partial charge in [0.2, 0.25) is 0 Å². The van der Waals surface area contributed by atoms with Gasteiger partial charge in [0.15, 0.2) is 0 Å². The molecule has 0 saturated carbocycles. The molecule has 1 aliphatic carbocycles. The van der Waals surface area contributed by atoms with Crippen molar-refractivity contribution in [1.29, 1.82) is 0 Å². The lowest BCUT2D eigenvalue weighted by Gasteiger charge is -2.35. The van der Waals surface area contributed by atoms with Crippen molar-refractivity contribution in [2.24, 2.45) is 5.92 Å². The molecular formula is C24H33ClN2O2. The Hall–Kier alpha value is -1.52. The summed E-state index contributed by atoms with van der Waals surface area (Å²) >= 11 is 6.24. The zero-order valence-electron chi connectivity index (χ0n) is 17.3. The fourth-order valence-electron chi connectivity index (χ4n) is 4.81. The SMILES string of the molecule is O=C(c1ccc(Cl)cc1OC1CCN(C[C@@H]2CC=CCC2)CC1)N1CCCCC1. The summed E-state index contributed by atoms with van der Waals surface area (Å²) in [5.74, 6) is 1.54. The number of benzene rings is 1. The summed E-state index contributed by atoms with van der Waals surface area (Å²) in [6, 6.07) is 5.45. The summed E-state index contributed by atoms with van der Waals surface area (Å²) in [6.07, 6.45) is 14.0. The highest BCUT2D eigenvalue weighted by atomic mass is 35.5. The van der Waals surface area contributed by atoms with Crippen molar-refractivity contribution in [3.05, 3.63) is 40.9 Å². The van der Waals surface area contributed by atoms with Crippen molar-refractivity contribution < 1.29 is 9.53 Å². The largest absolute Gasteiger partial charge is 0.489 e.